The van der Waals surface area contributed by atoms with Crippen molar-refractivity contribution in [3.8, 4) is 17.0 Å². The molecule has 2 N–H and O–H groups in total. The molecule has 128 valence electrons. The molecule has 0 radical (unpaired) electrons. The van der Waals surface area contributed by atoms with E-state index in [2.05, 4.69) is 26.8 Å². The monoisotopic (exact) mass is 347 g/mol. The number of likely N-dealkylation sites (N-methyl/N-ethyl adjacent to an activating group) is 1. The first kappa shape index (κ1) is 17.0. The normalized spacial score (nSPS) is 16.2. The molecule has 0 aliphatic carbocycles. The number of hydrogen-bond acceptors (Lipinski definition) is 6. The Morgan fingerprint density at radius 1 is 1.17 bits per heavy atom. The van der Waals surface area contributed by atoms with Gasteiger partial charge < -0.3 is 15.4 Å². The molecule has 0 bridgehead atoms. The van der Waals surface area contributed by atoms with Gasteiger partial charge in [0.05, 0.1) is 6.20 Å². The van der Waals surface area contributed by atoms with Gasteiger partial charge in [-0.15, -0.1) is 0 Å². The third-order valence-corrected chi connectivity index (χ3v) is 4.35. The van der Waals surface area contributed by atoms with E-state index in [-0.39, 0.29) is 0 Å². The molecule has 7 heteroatoms. The van der Waals surface area contributed by atoms with Crippen LogP contribution in [0.2, 0.25) is 5.15 Å². The zero-order valence-corrected chi connectivity index (χ0v) is 14.5. The Balaban J connectivity index is 1.53. The number of halogens is 1. The summed E-state index contributed by atoms with van der Waals surface area (Å²) in [6, 6.07) is 7.71. The summed E-state index contributed by atoms with van der Waals surface area (Å²) in [5.41, 5.74) is 7.39. The van der Waals surface area contributed by atoms with Gasteiger partial charge >= 0.3 is 0 Å². The van der Waals surface area contributed by atoms with E-state index in [4.69, 9.17) is 22.1 Å². The fourth-order valence-corrected chi connectivity index (χ4v) is 2.82. The molecule has 3 rings (SSSR count). The predicted octanol–water partition coefficient (Wildman–Crippen LogP) is 2.01. The lowest BCUT2D eigenvalue weighted by atomic mass is 10.1. The van der Waals surface area contributed by atoms with E-state index in [0.29, 0.717) is 23.3 Å². The first-order valence-electron chi connectivity index (χ1n) is 8.04. The molecule has 2 aromatic rings. The van der Waals surface area contributed by atoms with Crippen LogP contribution in [0.15, 0.2) is 30.5 Å². The van der Waals surface area contributed by atoms with Crippen LogP contribution in [0.25, 0.3) is 11.3 Å². The second kappa shape index (κ2) is 7.79. The van der Waals surface area contributed by atoms with Crippen LogP contribution in [0.3, 0.4) is 0 Å². The van der Waals surface area contributed by atoms with E-state index in [1.54, 1.807) is 0 Å². The lowest BCUT2D eigenvalue weighted by molar-refractivity contribution is 0.134. The summed E-state index contributed by atoms with van der Waals surface area (Å²) in [5.74, 6) is 1.17. The van der Waals surface area contributed by atoms with Gasteiger partial charge in [0.1, 0.15) is 23.2 Å². The van der Waals surface area contributed by atoms with E-state index in [9.17, 15) is 0 Å². The number of anilines is 1. The van der Waals surface area contributed by atoms with Gasteiger partial charge in [-0.1, -0.05) is 11.6 Å². The van der Waals surface area contributed by atoms with E-state index < -0.39 is 0 Å². The average Bonchev–Trinajstić information content (AvgIpc) is 2.58. The Morgan fingerprint density at radius 2 is 1.88 bits per heavy atom. The largest absolute Gasteiger partial charge is 0.492 e. The highest BCUT2D eigenvalue weighted by molar-refractivity contribution is 6.29. The Labute approximate surface area is 147 Å². The molecule has 1 saturated heterocycles. The molecule has 0 saturated carbocycles. The summed E-state index contributed by atoms with van der Waals surface area (Å²) in [6.45, 7) is 6.09. The summed E-state index contributed by atoms with van der Waals surface area (Å²) in [7, 11) is 2.16. The smallest absolute Gasteiger partial charge is 0.151 e. The molecule has 1 aromatic heterocycles. The Kier molecular flexibility index (Phi) is 5.50. The van der Waals surface area contributed by atoms with Crippen LogP contribution in [0.5, 0.6) is 5.75 Å². The highest BCUT2D eigenvalue weighted by Crippen LogP contribution is 2.25. The van der Waals surface area contributed by atoms with E-state index in [0.717, 1.165) is 44.0 Å². The zero-order valence-electron chi connectivity index (χ0n) is 13.8. The number of nitrogens with two attached hydrogens (primary N) is 1. The summed E-state index contributed by atoms with van der Waals surface area (Å²) in [4.78, 5) is 13.0. The number of rotatable bonds is 5. The first-order chi connectivity index (χ1) is 11.6. The van der Waals surface area contributed by atoms with Crippen LogP contribution in [0.4, 0.5) is 5.82 Å². The molecule has 0 spiro atoms. The third kappa shape index (κ3) is 4.35. The molecular formula is C17H22ClN5O. The number of benzene rings is 1. The van der Waals surface area contributed by atoms with Crippen molar-refractivity contribution in [2.24, 2.45) is 0 Å². The molecule has 0 unspecified atom stereocenters. The standard InChI is InChI=1S/C17H22ClN5O/c1-22-6-8-23(9-7-22)10-11-24-14-4-2-13(3-5-14)16-17(19)21-15(18)12-20-16/h2-5,12H,6-11H2,1H3,(H2,19,21). The number of nitrogens with zero attached hydrogens (tertiary/aromatic N) is 4. The molecule has 0 amide bonds. The first-order valence-corrected chi connectivity index (χ1v) is 8.42. The molecule has 1 fully saturated rings. The van der Waals surface area contributed by atoms with Crippen molar-refractivity contribution >= 4 is 17.4 Å². The fourth-order valence-electron chi connectivity index (χ4n) is 2.68. The van der Waals surface area contributed by atoms with Crippen molar-refractivity contribution in [1.29, 1.82) is 0 Å². The maximum atomic E-state index is 5.87. The lowest BCUT2D eigenvalue weighted by Crippen LogP contribution is -2.45. The number of piperazine rings is 1. The topological polar surface area (TPSA) is 67.5 Å². The summed E-state index contributed by atoms with van der Waals surface area (Å²) >= 11 is 5.78. The van der Waals surface area contributed by atoms with Gasteiger partial charge in [-0.3, -0.25) is 4.90 Å². The van der Waals surface area contributed by atoms with Crippen LogP contribution >= 0.6 is 11.6 Å². The second-order valence-corrected chi connectivity index (χ2v) is 6.33. The lowest BCUT2D eigenvalue weighted by Gasteiger charge is -2.32. The maximum absolute atomic E-state index is 5.87. The van der Waals surface area contributed by atoms with Crippen LogP contribution in [-0.2, 0) is 0 Å². The number of hydrogen-bond donors (Lipinski definition) is 1. The minimum atomic E-state index is 0.292. The van der Waals surface area contributed by atoms with E-state index in [1.165, 1.54) is 6.20 Å². The van der Waals surface area contributed by atoms with E-state index >= 15 is 0 Å². The molecular weight excluding hydrogens is 326 g/mol. The average molecular weight is 348 g/mol. The zero-order chi connectivity index (χ0) is 16.9. The molecule has 24 heavy (non-hydrogen) atoms. The van der Waals surface area contributed by atoms with Crippen LogP contribution in [0.1, 0.15) is 0 Å². The van der Waals surface area contributed by atoms with Gasteiger partial charge in [0.2, 0.25) is 0 Å². The van der Waals surface area contributed by atoms with Gasteiger partial charge in [0.15, 0.2) is 5.82 Å². The quantitative estimate of drug-likeness (QED) is 0.892. The molecule has 0 atom stereocenters. The highest BCUT2D eigenvalue weighted by atomic mass is 35.5. The Bertz CT molecular complexity index is 671. The van der Waals surface area contributed by atoms with Crippen molar-refractivity contribution < 1.29 is 4.74 Å². The van der Waals surface area contributed by atoms with Gasteiger partial charge in [-0.2, -0.15) is 0 Å². The van der Waals surface area contributed by atoms with Gasteiger partial charge in [-0.05, 0) is 31.3 Å². The maximum Gasteiger partial charge on any atom is 0.151 e. The van der Waals surface area contributed by atoms with Crippen LogP contribution < -0.4 is 10.5 Å². The molecule has 1 aromatic carbocycles. The summed E-state index contributed by atoms with van der Waals surface area (Å²) in [5, 5.41) is 0.292. The van der Waals surface area contributed by atoms with Crippen molar-refractivity contribution in [3.63, 3.8) is 0 Å². The van der Waals surface area contributed by atoms with E-state index in [1.807, 2.05) is 24.3 Å². The molecule has 2 heterocycles. The summed E-state index contributed by atoms with van der Waals surface area (Å²) in [6.07, 6.45) is 1.49. The van der Waals surface area contributed by atoms with Crippen molar-refractivity contribution in [2.75, 3.05) is 52.1 Å². The minimum Gasteiger partial charge on any atom is -0.492 e. The van der Waals surface area contributed by atoms with Crippen molar-refractivity contribution in [1.82, 2.24) is 19.8 Å². The SMILES string of the molecule is CN1CCN(CCOc2ccc(-c3ncc(Cl)nc3N)cc2)CC1. The minimum absolute atomic E-state index is 0.292. The second-order valence-electron chi connectivity index (χ2n) is 5.94. The molecule has 1 aliphatic rings. The number of ether oxygens (including phenoxy) is 1. The Hall–Kier alpha value is -1.89. The third-order valence-electron chi connectivity index (χ3n) is 4.17. The van der Waals surface area contributed by atoms with Gasteiger partial charge in [0, 0.05) is 38.3 Å². The van der Waals surface area contributed by atoms with Gasteiger partial charge in [0.25, 0.3) is 0 Å². The van der Waals surface area contributed by atoms with Crippen LogP contribution in [0, 0.1) is 0 Å². The van der Waals surface area contributed by atoms with Gasteiger partial charge in [-0.25, -0.2) is 9.97 Å². The molecule has 6 nitrogen and oxygen atoms in total. The number of aromatic nitrogens is 2. The summed E-state index contributed by atoms with van der Waals surface area (Å²) < 4.78 is 5.83. The molecule has 1 aliphatic heterocycles. The highest BCUT2D eigenvalue weighted by Gasteiger charge is 2.13. The number of nitrogen functional groups attached to an aromatic ring is 1. The Morgan fingerprint density at radius 3 is 2.54 bits per heavy atom. The van der Waals surface area contributed by atoms with Crippen LogP contribution in [-0.4, -0.2) is 66.1 Å². The van der Waals surface area contributed by atoms with Crippen molar-refractivity contribution in [2.45, 2.75) is 0 Å². The van der Waals surface area contributed by atoms with Crippen molar-refractivity contribution in [3.05, 3.63) is 35.6 Å². The fraction of sp³-hybridized carbons (Fsp3) is 0.412. The predicted molar refractivity (Wildman–Crippen MR) is 96.3 cm³/mol.